The Balaban J connectivity index is 0.888. The van der Waals surface area contributed by atoms with Crippen LogP contribution in [-0.2, 0) is 6.42 Å². The molecule has 0 aliphatic heterocycles. The maximum absolute atomic E-state index is 6.57. The zero-order valence-electron chi connectivity index (χ0n) is 33.9. The Morgan fingerprint density at radius 1 is 0.387 bits per heavy atom. The van der Waals surface area contributed by atoms with E-state index in [1.54, 1.807) is 0 Å². The summed E-state index contributed by atoms with van der Waals surface area (Å²) >= 11 is 0. The summed E-state index contributed by atoms with van der Waals surface area (Å²) in [7, 11) is 0. The Labute approximate surface area is 358 Å². The summed E-state index contributed by atoms with van der Waals surface area (Å²) in [6.45, 7) is 0. The molecule has 290 valence electrons. The number of nitrogens with zero attached hydrogens (tertiary/aromatic N) is 2. The van der Waals surface area contributed by atoms with Gasteiger partial charge in [0.15, 0.2) is 0 Å². The van der Waals surface area contributed by atoms with Crippen LogP contribution >= 0.6 is 0 Å². The maximum atomic E-state index is 6.57. The molecule has 1 aliphatic carbocycles. The molecule has 1 aliphatic rings. The topological polar surface area (TPSA) is 35.9 Å². The molecule has 2 N–H and O–H groups in total. The molecule has 13 rings (SSSR count). The highest BCUT2D eigenvalue weighted by Crippen LogP contribution is 2.47. The Morgan fingerprint density at radius 3 is 1.89 bits per heavy atom. The van der Waals surface area contributed by atoms with Gasteiger partial charge in [-0.1, -0.05) is 152 Å². The number of benzene rings is 10. The van der Waals surface area contributed by atoms with Gasteiger partial charge < -0.3 is 14.9 Å². The van der Waals surface area contributed by atoms with E-state index >= 15 is 0 Å². The van der Waals surface area contributed by atoms with Crippen molar-refractivity contribution in [1.29, 1.82) is 0 Å². The van der Waals surface area contributed by atoms with Crippen LogP contribution in [-0.4, -0.2) is 9.13 Å². The van der Waals surface area contributed by atoms with Gasteiger partial charge in [-0.2, -0.15) is 0 Å². The lowest BCUT2D eigenvalue weighted by atomic mass is 9.98. The zero-order valence-corrected chi connectivity index (χ0v) is 33.9. The Bertz CT molecular complexity index is 3840. The molecule has 0 bridgehead atoms. The Hall–Kier alpha value is -8.14. The minimum Gasteiger partial charge on any atom is -0.398 e. The van der Waals surface area contributed by atoms with E-state index in [9.17, 15) is 0 Å². The number of aromatic nitrogens is 2. The van der Waals surface area contributed by atoms with E-state index in [2.05, 4.69) is 215 Å². The third-order valence-electron chi connectivity index (χ3n) is 13.2. The van der Waals surface area contributed by atoms with Gasteiger partial charge in [0.1, 0.15) is 0 Å². The van der Waals surface area contributed by atoms with Crippen LogP contribution < -0.4 is 5.73 Å². The van der Waals surface area contributed by atoms with Crippen molar-refractivity contribution in [3.63, 3.8) is 0 Å². The highest BCUT2D eigenvalue weighted by Gasteiger charge is 2.25. The van der Waals surface area contributed by atoms with Crippen LogP contribution in [0.1, 0.15) is 16.7 Å². The molecule has 0 fully saturated rings. The number of fused-ring (bicyclic) bond motifs is 12. The number of nitrogen functional groups attached to an aromatic ring is 1. The smallest absolute Gasteiger partial charge is 0.0619 e. The molecule has 10 aromatic carbocycles. The predicted molar refractivity (Wildman–Crippen MR) is 263 cm³/mol. The molecule has 3 nitrogen and oxygen atoms in total. The summed E-state index contributed by atoms with van der Waals surface area (Å²) in [5.74, 6) is 0. The van der Waals surface area contributed by atoms with E-state index in [4.69, 9.17) is 5.73 Å². The van der Waals surface area contributed by atoms with Crippen molar-refractivity contribution in [2.45, 2.75) is 6.42 Å². The van der Waals surface area contributed by atoms with Gasteiger partial charge in [-0.15, -0.1) is 0 Å². The van der Waals surface area contributed by atoms with Crippen molar-refractivity contribution in [2.75, 3.05) is 5.73 Å². The number of para-hydroxylation sites is 2. The summed E-state index contributed by atoms with van der Waals surface area (Å²) in [4.78, 5) is 0. The molecule has 0 radical (unpaired) electrons. The fourth-order valence-electron chi connectivity index (χ4n) is 10.4. The lowest BCUT2D eigenvalue weighted by Crippen LogP contribution is -1.94. The standard InChI is InChI=1S/C59H39N3/c60-54-19-10-18-49-46-15-6-7-16-47(46)50(58(49)54)29-22-37-21-23-40-34-44(28-24-39(40)33-37)61-55-20-9-8-17-48(55)52-35-41(26-31-56(52)61)42-27-32-57-53(36-42)51-30-25-38-11-4-5-14-45(38)59(51)62(57)43-12-2-1-3-13-43/h1-21,23-36H,22,60H2/b50-29-. The summed E-state index contributed by atoms with van der Waals surface area (Å²) in [6.07, 6.45) is 3.18. The average Bonchev–Trinajstić information content (AvgIpc) is 3.97. The molecule has 0 saturated carbocycles. The van der Waals surface area contributed by atoms with Crippen molar-refractivity contribution in [1.82, 2.24) is 9.13 Å². The molecular weight excluding hydrogens is 751 g/mol. The molecule has 2 heterocycles. The summed E-state index contributed by atoms with van der Waals surface area (Å²) in [5.41, 5.74) is 24.4. The first-order chi connectivity index (χ1) is 30.7. The minimum atomic E-state index is 0.823. The van der Waals surface area contributed by atoms with E-state index in [-0.39, 0.29) is 0 Å². The van der Waals surface area contributed by atoms with Crippen LogP contribution in [0.2, 0.25) is 0 Å². The van der Waals surface area contributed by atoms with Crippen LogP contribution in [0, 0.1) is 0 Å². The van der Waals surface area contributed by atoms with Crippen LogP contribution in [0.25, 0.3) is 104 Å². The normalized spacial score (nSPS) is 13.0. The van der Waals surface area contributed by atoms with Crippen molar-refractivity contribution >= 4 is 76.4 Å². The monoisotopic (exact) mass is 789 g/mol. The Morgan fingerprint density at radius 2 is 1.03 bits per heavy atom. The molecule has 0 unspecified atom stereocenters. The molecule has 0 spiro atoms. The number of rotatable bonds is 5. The lowest BCUT2D eigenvalue weighted by Gasteiger charge is -2.11. The zero-order chi connectivity index (χ0) is 40.9. The third kappa shape index (κ3) is 5.18. The lowest BCUT2D eigenvalue weighted by molar-refractivity contribution is 1.18. The van der Waals surface area contributed by atoms with Crippen LogP contribution in [0.3, 0.4) is 0 Å². The fraction of sp³-hybridized carbons (Fsp3) is 0.0169. The molecule has 0 amide bonds. The van der Waals surface area contributed by atoms with Gasteiger partial charge in [0, 0.05) is 49.6 Å². The molecule has 62 heavy (non-hydrogen) atoms. The molecule has 0 saturated heterocycles. The quantitative estimate of drug-likeness (QED) is 0.173. The van der Waals surface area contributed by atoms with Crippen molar-refractivity contribution in [3.8, 4) is 33.6 Å². The summed E-state index contributed by atoms with van der Waals surface area (Å²) in [5, 5.41) is 9.97. The summed E-state index contributed by atoms with van der Waals surface area (Å²) < 4.78 is 4.86. The first-order valence-corrected chi connectivity index (χ1v) is 21.4. The van der Waals surface area contributed by atoms with E-state index < -0.39 is 0 Å². The van der Waals surface area contributed by atoms with E-state index in [1.165, 1.54) is 110 Å². The van der Waals surface area contributed by atoms with Crippen LogP contribution in [0.15, 0.2) is 212 Å². The largest absolute Gasteiger partial charge is 0.398 e. The summed E-state index contributed by atoms with van der Waals surface area (Å²) in [6, 6.07) is 75.5. The molecule has 12 aromatic rings. The van der Waals surface area contributed by atoms with Gasteiger partial charge in [0.25, 0.3) is 0 Å². The molecule has 2 aromatic heterocycles. The van der Waals surface area contributed by atoms with Crippen LogP contribution in [0.4, 0.5) is 5.69 Å². The number of nitrogens with two attached hydrogens (primary N) is 1. The maximum Gasteiger partial charge on any atom is 0.0619 e. The van der Waals surface area contributed by atoms with E-state index in [0.29, 0.717) is 0 Å². The number of hydrogen-bond acceptors (Lipinski definition) is 1. The number of hydrogen-bond donors (Lipinski definition) is 1. The number of allylic oxidation sites excluding steroid dienone is 1. The average molecular weight is 790 g/mol. The van der Waals surface area contributed by atoms with Crippen molar-refractivity contribution < 1.29 is 0 Å². The van der Waals surface area contributed by atoms with E-state index in [0.717, 1.165) is 23.4 Å². The second-order valence-corrected chi connectivity index (χ2v) is 16.7. The van der Waals surface area contributed by atoms with Crippen molar-refractivity contribution in [3.05, 3.63) is 229 Å². The molecular formula is C59H39N3. The minimum absolute atomic E-state index is 0.823. The third-order valence-corrected chi connectivity index (χ3v) is 13.2. The van der Waals surface area contributed by atoms with E-state index in [1.807, 2.05) is 6.07 Å². The van der Waals surface area contributed by atoms with Gasteiger partial charge in [0.05, 0.1) is 22.1 Å². The first-order valence-electron chi connectivity index (χ1n) is 21.4. The molecule has 3 heteroatoms. The fourth-order valence-corrected chi connectivity index (χ4v) is 10.4. The van der Waals surface area contributed by atoms with Gasteiger partial charge >= 0.3 is 0 Å². The second kappa shape index (κ2) is 13.4. The second-order valence-electron chi connectivity index (χ2n) is 16.7. The first kappa shape index (κ1) is 34.7. The Kier molecular flexibility index (Phi) is 7.52. The highest BCUT2D eigenvalue weighted by atomic mass is 15.0. The van der Waals surface area contributed by atoms with Gasteiger partial charge in [-0.3, -0.25) is 0 Å². The SMILES string of the molecule is Nc1cccc2c1/C(=C\Cc1ccc3cc(-n4c5ccccc5c5cc(-c6ccc7c(c6)c6ccc8ccccc8c6n7-c6ccccc6)ccc54)ccc3c1)c1ccccc1-2. The highest BCUT2D eigenvalue weighted by molar-refractivity contribution is 6.19. The van der Waals surface area contributed by atoms with Gasteiger partial charge in [0.2, 0.25) is 0 Å². The van der Waals surface area contributed by atoms with Gasteiger partial charge in [-0.25, -0.2) is 0 Å². The number of anilines is 1. The van der Waals surface area contributed by atoms with Crippen LogP contribution in [0.5, 0.6) is 0 Å². The molecule has 0 atom stereocenters. The van der Waals surface area contributed by atoms with Gasteiger partial charge in [-0.05, 0) is 122 Å². The van der Waals surface area contributed by atoms with Crippen molar-refractivity contribution in [2.24, 2.45) is 0 Å². The predicted octanol–water partition coefficient (Wildman–Crippen LogP) is 15.1.